The van der Waals surface area contributed by atoms with Gasteiger partial charge in [0.25, 0.3) is 0 Å². The SMILES string of the molecule is Cc1ccsc1CNCc1ccc(-n2ccnc2)cc1. The maximum atomic E-state index is 4.06. The maximum Gasteiger partial charge on any atom is 0.0991 e. The molecule has 0 aliphatic rings. The second-order valence-corrected chi connectivity index (χ2v) is 5.77. The summed E-state index contributed by atoms with van der Waals surface area (Å²) in [7, 11) is 0. The highest BCUT2D eigenvalue weighted by atomic mass is 32.1. The predicted octanol–water partition coefficient (Wildman–Crippen LogP) is 3.53. The fourth-order valence-corrected chi connectivity index (χ4v) is 2.98. The van der Waals surface area contributed by atoms with Crippen molar-refractivity contribution < 1.29 is 0 Å². The molecule has 0 fully saturated rings. The van der Waals surface area contributed by atoms with Crippen molar-refractivity contribution in [2.45, 2.75) is 20.0 Å². The van der Waals surface area contributed by atoms with E-state index in [0.717, 1.165) is 18.8 Å². The number of hydrogen-bond donors (Lipinski definition) is 1. The van der Waals surface area contributed by atoms with Crippen LogP contribution in [0.4, 0.5) is 0 Å². The molecule has 0 radical (unpaired) electrons. The summed E-state index contributed by atoms with van der Waals surface area (Å²) in [5, 5.41) is 5.64. The standard InChI is InChI=1S/C16H17N3S/c1-13-6-9-20-16(13)11-18-10-14-2-4-15(5-3-14)19-8-7-17-12-19/h2-9,12,18H,10-11H2,1H3. The first kappa shape index (κ1) is 13.1. The fraction of sp³-hybridized carbons (Fsp3) is 0.188. The van der Waals surface area contributed by atoms with E-state index in [2.05, 4.69) is 52.9 Å². The van der Waals surface area contributed by atoms with Crippen molar-refractivity contribution in [1.82, 2.24) is 14.9 Å². The summed E-state index contributed by atoms with van der Waals surface area (Å²) in [6.45, 7) is 3.99. The fourth-order valence-electron chi connectivity index (χ4n) is 2.10. The van der Waals surface area contributed by atoms with Crippen molar-refractivity contribution in [1.29, 1.82) is 0 Å². The minimum atomic E-state index is 0.890. The van der Waals surface area contributed by atoms with E-state index >= 15 is 0 Å². The average molecular weight is 283 g/mol. The first-order valence-electron chi connectivity index (χ1n) is 6.64. The van der Waals surface area contributed by atoms with E-state index in [-0.39, 0.29) is 0 Å². The van der Waals surface area contributed by atoms with Gasteiger partial charge in [0, 0.05) is 36.0 Å². The van der Waals surface area contributed by atoms with Gasteiger partial charge < -0.3 is 9.88 Å². The Labute approximate surface area is 122 Å². The van der Waals surface area contributed by atoms with E-state index in [0.29, 0.717) is 0 Å². The number of benzene rings is 1. The molecule has 0 spiro atoms. The summed E-state index contributed by atoms with van der Waals surface area (Å²) >= 11 is 1.81. The third-order valence-corrected chi connectivity index (χ3v) is 4.34. The van der Waals surface area contributed by atoms with Crippen LogP contribution >= 0.6 is 11.3 Å². The second kappa shape index (κ2) is 6.03. The highest BCUT2D eigenvalue weighted by molar-refractivity contribution is 7.10. The van der Waals surface area contributed by atoms with Crippen molar-refractivity contribution in [3.8, 4) is 5.69 Å². The molecule has 4 heteroatoms. The minimum absolute atomic E-state index is 0.890. The summed E-state index contributed by atoms with van der Waals surface area (Å²) in [6, 6.07) is 10.7. The molecule has 0 unspecified atom stereocenters. The van der Waals surface area contributed by atoms with Gasteiger partial charge in [0.1, 0.15) is 0 Å². The second-order valence-electron chi connectivity index (χ2n) is 4.77. The Bertz CT molecular complexity index is 653. The van der Waals surface area contributed by atoms with Crippen molar-refractivity contribution in [2.24, 2.45) is 0 Å². The molecule has 0 bridgehead atoms. The molecular weight excluding hydrogens is 266 g/mol. The number of rotatable bonds is 5. The highest BCUT2D eigenvalue weighted by Gasteiger charge is 2.00. The number of aromatic nitrogens is 2. The highest BCUT2D eigenvalue weighted by Crippen LogP contribution is 2.15. The largest absolute Gasteiger partial charge is 0.308 e. The molecule has 102 valence electrons. The summed E-state index contributed by atoms with van der Waals surface area (Å²) in [4.78, 5) is 5.48. The molecule has 0 aliphatic heterocycles. The monoisotopic (exact) mass is 283 g/mol. The Kier molecular flexibility index (Phi) is 3.95. The van der Waals surface area contributed by atoms with Crippen molar-refractivity contribution >= 4 is 11.3 Å². The number of aryl methyl sites for hydroxylation is 1. The molecule has 2 aromatic heterocycles. The molecule has 0 amide bonds. The molecule has 1 N–H and O–H groups in total. The molecule has 2 heterocycles. The number of thiophene rings is 1. The van der Waals surface area contributed by atoms with Crippen LogP contribution in [0.15, 0.2) is 54.4 Å². The van der Waals surface area contributed by atoms with Crippen LogP contribution in [0, 0.1) is 6.92 Å². The summed E-state index contributed by atoms with van der Waals surface area (Å²) in [5.74, 6) is 0. The van der Waals surface area contributed by atoms with Crippen LogP contribution in [0.5, 0.6) is 0 Å². The van der Waals surface area contributed by atoms with Crippen LogP contribution in [0.2, 0.25) is 0 Å². The topological polar surface area (TPSA) is 29.9 Å². The summed E-state index contributed by atoms with van der Waals surface area (Å²) in [5.41, 5.74) is 3.81. The van der Waals surface area contributed by atoms with Gasteiger partial charge in [-0.3, -0.25) is 0 Å². The Morgan fingerprint density at radius 3 is 2.65 bits per heavy atom. The van der Waals surface area contributed by atoms with Crippen LogP contribution < -0.4 is 5.32 Å². The number of nitrogens with zero attached hydrogens (tertiary/aromatic N) is 2. The first-order chi connectivity index (χ1) is 9.83. The molecule has 0 saturated carbocycles. The van der Waals surface area contributed by atoms with Gasteiger partial charge in [0.05, 0.1) is 6.33 Å². The number of nitrogens with one attached hydrogen (secondary N) is 1. The lowest BCUT2D eigenvalue weighted by molar-refractivity contribution is 0.698. The van der Waals surface area contributed by atoms with Crippen molar-refractivity contribution in [2.75, 3.05) is 0 Å². The molecule has 1 aromatic carbocycles. The molecule has 3 rings (SSSR count). The van der Waals surface area contributed by atoms with Crippen molar-refractivity contribution in [3.63, 3.8) is 0 Å². The first-order valence-corrected chi connectivity index (χ1v) is 7.52. The Morgan fingerprint density at radius 2 is 2.00 bits per heavy atom. The zero-order chi connectivity index (χ0) is 13.8. The van der Waals surface area contributed by atoms with Gasteiger partial charge >= 0.3 is 0 Å². The van der Waals surface area contributed by atoms with Gasteiger partial charge in [0.2, 0.25) is 0 Å². The summed E-state index contributed by atoms with van der Waals surface area (Å²) in [6.07, 6.45) is 5.55. The molecule has 0 atom stereocenters. The van der Waals surface area contributed by atoms with Crippen LogP contribution in [-0.2, 0) is 13.1 Å². The summed E-state index contributed by atoms with van der Waals surface area (Å²) < 4.78 is 2.01. The smallest absolute Gasteiger partial charge is 0.0991 e. The zero-order valence-corrected chi connectivity index (χ0v) is 12.2. The van der Waals surface area contributed by atoms with E-state index in [9.17, 15) is 0 Å². The van der Waals surface area contributed by atoms with Gasteiger partial charge in [-0.1, -0.05) is 12.1 Å². The maximum absolute atomic E-state index is 4.06. The van der Waals surface area contributed by atoms with Gasteiger partial charge in [-0.05, 0) is 41.6 Å². The predicted molar refractivity (Wildman–Crippen MR) is 83.2 cm³/mol. The number of hydrogen-bond acceptors (Lipinski definition) is 3. The van der Waals surface area contributed by atoms with E-state index in [1.165, 1.54) is 16.0 Å². The normalized spacial score (nSPS) is 10.8. The van der Waals surface area contributed by atoms with Crippen LogP contribution in [0.3, 0.4) is 0 Å². The third-order valence-electron chi connectivity index (χ3n) is 3.32. The Balaban J connectivity index is 1.57. The lowest BCUT2D eigenvalue weighted by Gasteiger charge is -2.06. The van der Waals surface area contributed by atoms with E-state index < -0.39 is 0 Å². The molecule has 0 aliphatic carbocycles. The minimum Gasteiger partial charge on any atom is -0.308 e. The Morgan fingerprint density at radius 1 is 1.15 bits per heavy atom. The molecule has 0 saturated heterocycles. The van der Waals surface area contributed by atoms with Crippen LogP contribution in [0.25, 0.3) is 5.69 Å². The lowest BCUT2D eigenvalue weighted by Crippen LogP contribution is -2.12. The molecule has 3 nitrogen and oxygen atoms in total. The zero-order valence-electron chi connectivity index (χ0n) is 11.4. The average Bonchev–Trinajstić information content (AvgIpc) is 3.12. The molecular formula is C16H17N3S. The van der Waals surface area contributed by atoms with E-state index in [1.807, 2.05) is 28.4 Å². The van der Waals surface area contributed by atoms with E-state index in [1.54, 1.807) is 6.20 Å². The third kappa shape index (κ3) is 2.98. The van der Waals surface area contributed by atoms with Crippen LogP contribution in [0.1, 0.15) is 16.0 Å². The van der Waals surface area contributed by atoms with Crippen molar-refractivity contribution in [3.05, 3.63) is 70.4 Å². The number of imidazole rings is 1. The quantitative estimate of drug-likeness (QED) is 0.776. The van der Waals surface area contributed by atoms with E-state index in [4.69, 9.17) is 0 Å². The van der Waals surface area contributed by atoms with Gasteiger partial charge in [-0.2, -0.15) is 0 Å². The van der Waals surface area contributed by atoms with Gasteiger partial charge in [0.15, 0.2) is 0 Å². The molecule has 3 aromatic rings. The lowest BCUT2D eigenvalue weighted by atomic mass is 10.2. The van der Waals surface area contributed by atoms with Crippen LogP contribution in [-0.4, -0.2) is 9.55 Å². The van der Waals surface area contributed by atoms with Gasteiger partial charge in [-0.25, -0.2) is 4.98 Å². The van der Waals surface area contributed by atoms with Gasteiger partial charge in [-0.15, -0.1) is 11.3 Å². The Hall–Kier alpha value is -1.91. The molecule has 20 heavy (non-hydrogen) atoms.